The molecule has 136 valence electrons. The van der Waals surface area contributed by atoms with Crippen LogP contribution in [0.5, 0.6) is 5.75 Å². The average Bonchev–Trinajstić information content (AvgIpc) is 2.60. The van der Waals surface area contributed by atoms with Gasteiger partial charge in [-0.3, -0.25) is 4.79 Å². The predicted molar refractivity (Wildman–Crippen MR) is 97.1 cm³/mol. The van der Waals surface area contributed by atoms with Crippen LogP contribution in [0.15, 0.2) is 53.6 Å². The van der Waals surface area contributed by atoms with E-state index in [1.807, 2.05) is 24.3 Å². The highest BCUT2D eigenvalue weighted by atomic mass is 16.5. The molecule has 0 aliphatic rings. The number of amides is 1. The Labute approximate surface area is 152 Å². The van der Waals surface area contributed by atoms with Crippen LogP contribution in [0.2, 0.25) is 0 Å². The zero-order valence-corrected chi connectivity index (χ0v) is 15.0. The lowest BCUT2D eigenvalue weighted by Gasteiger charge is -2.22. The molecule has 6 heteroatoms. The molecule has 6 nitrogen and oxygen atoms in total. The molecule has 2 aromatic rings. The largest absolute Gasteiger partial charge is 0.545 e. The van der Waals surface area contributed by atoms with Gasteiger partial charge in [-0.05, 0) is 28.2 Å². The third-order valence-corrected chi connectivity index (χ3v) is 3.60. The summed E-state index contributed by atoms with van der Waals surface area (Å²) < 4.78 is 5.61. The molecule has 26 heavy (non-hydrogen) atoms. The van der Waals surface area contributed by atoms with E-state index in [0.29, 0.717) is 11.3 Å². The van der Waals surface area contributed by atoms with Crippen molar-refractivity contribution in [3.05, 3.63) is 65.2 Å². The standard InChI is InChI=1S/C20H22N2O4/c1-20(2,3)16-6-4-5-7-17(16)26-13-18(23)22-21-12-14-8-10-15(11-9-14)19(24)25/h4-12H,13H2,1-3H3,(H,22,23)(H,24,25)/p-1/b21-12-. The van der Waals surface area contributed by atoms with Crippen molar-refractivity contribution in [1.82, 2.24) is 5.43 Å². The molecule has 0 radical (unpaired) electrons. The number of rotatable bonds is 6. The molecule has 0 unspecified atom stereocenters. The Morgan fingerprint density at radius 3 is 2.38 bits per heavy atom. The van der Waals surface area contributed by atoms with Crippen molar-refractivity contribution in [2.24, 2.45) is 5.10 Å². The summed E-state index contributed by atoms with van der Waals surface area (Å²) in [6.07, 6.45) is 1.42. The molecule has 1 N–H and O–H groups in total. The number of aromatic carboxylic acids is 1. The lowest BCUT2D eigenvalue weighted by atomic mass is 9.86. The highest BCUT2D eigenvalue weighted by molar-refractivity contribution is 5.88. The zero-order chi connectivity index (χ0) is 19.2. The van der Waals surface area contributed by atoms with Crippen LogP contribution >= 0.6 is 0 Å². The number of carbonyl (C=O) groups excluding carboxylic acids is 2. The van der Waals surface area contributed by atoms with Gasteiger partial charge >= 0.3 is 0 Å². The first-order valence-electron chi connectivity index (χ1n) is 8.13. The lowest BCUT2D eigenvalue weighted by Crippen LogP contribution is -2.25. The van der Waals surface area contributed by atoms with Crippen molar-refractivity contribution in [1.29, 1.82) is 0 Å². The van der Waals surface area contributed by atoms with Crippen molar-refractivity contribution >= 4 is 18.1 Å². The summed E-state index contributed by atoms with van der Waals surface area (Å²) >= 11 is 0. The first kappa shape index (κ1) is 19.2. The number of nitrogens with one attached hydrogen (secondary N) is 1. The summed E-state index contributed by atoms with van der Waals surface area (Å²) in [6.45, 7) is 6.07. The normalized spacial score (nSPS) is 11.3. The first-order chi connectivity index (χ1) is 12.3. The van der Waals surface area contributed by atoms with E-state index >= 15 is 0 Å². The van der Waals surface area contributed by atoms with E-state index in [-0.39, 0.29) is 17.6 Å². The molecule has 0 saturated carbocycles. The maximum absolute atomic E-state index is 11.9. The predicted octanol–water partition coefficient (Wildman–Crippen LogP) is 1.88. The number of hydrogen-bond donors (Lipinski definition) is 1. The van der Waals surface area contributed by atoms with E-state index in [1.165, 1.54) is 18.3 Å². The maximum Gasteiger partial charge on any atom is 0.277 e. The maximum atomic E-state index is 11.9. The molecule has 0 aliphatic carbocycles. The van der Waals surface area contributed by atoms with Gasteiger partial charge in [0.2, 0.25) is 0 Å². The van der Waals surface area contributed by atoms with Crippen LogP contribution in [0.1, 0.15) is 42.3 Å². The number of carboxylic acid groups (broad SMARTS) is 1. The summed E-state index contributed by atoms with van der Waals surface area (Å²) in [5, 5.41) is 14.5. The fourth-order valence-electron chi connectivity index (χ4n) is 2.27. The number of benzene rings is 2. The quantitative estimate of drug-likeness (QED) is 0.634. The van der Waals surface area contributed by atoms with Gasteiger partial charge in [-0.15, -0.1) is 0 Å². The first-order valence-corrected chi connectivity index (χ1v) is 8.13. The minimum atomic E-state index is -1.24. The molecule has 0 heterocycles. The molecule has 0 atom stereocenters. The van der Waals surface area contributed by atoms with E-state index in [4.69, 9.17) is 4.74 Å². The lowest BCUT2D eigenvalue weighted by molar-refractivity contribution is -0.255. The SMILES string of the molecule is CC(C)(C)c1ccccc1OCC(=O)N/N=C\c1ccc(C(=O)[O-])cc1. The third kappa shape index (κ3) is 5.44. The second-order valence-electron chi connectivity index (χ2n) is 6.74. The van der Waals surface area contributed by atoms with Crippen molar-refractivity contribution in [2.75, 3.05) is 6.61 Å². The van der Waals surface area contributed by atoms with Crippen molar-refractivity contribution in [3.63, 3.8) is 0 Å². The Hall–Kier alpha value is -3.15. The molecule has 0 saturated heterocycles. The van der Waals surface area contributed by atoms with Gasteiger partial charge in [0.15, 0.2) is 6.61 Å². The second kappa shape index (κ2) is 8.29. The minimum Gasteiger partial charge on any atom is -0.545 e. The van der Waals surface area contributed by atoms with E-state index in [2.05, 4.69) is 31.3 Å². The molecular formula is C20H21N2O4-. The monoisotopic (exact) mass is 353 g/mol. The van der Waals surface area contributed by atoms with Gasteiger partial charge in [-0.1, -0.05) is 63.2 Å². The number of nitrogens with zero attached hydrogens (tertiary/aromatic N) is 1. The van der Waals surface area contributed by atoms with Gasteiger partial charge in [0.1, 0.15) is 5.75 Å². The van der Waals surface area contributed by atoms with Gasteiger partial charge < -0.3 is 14.6 Å². The number of hydrogen-bond acceptors (Lipinski definition) is 5. The number of carbonyl (C=O) groups is 2. The van der Waals surface area contributed by atoms with Gasteiger partial charge in [0, 0.05) is 0 Å². The van der Waals surface area contributed by atoms with E-state index < -0.39 is 11.9 Å². The van der Waals surface area contributed by atoms with Crippen molar-refractivity contribution < 1.29 is 19.4 Å². The zero-order valence-electron chi connectivity index (χ0n) is 15.0. The Bertz CT molecular complexity index is 805. The Balaban J connectivity index is 1.89. The molecule has 2 rings (SSSR count). The molecule has 2 aromatic carbocycles. The summed E-state index contributed by atoms with van der Waals surface area (Å²) in [7, 11) is 0. The van der Waals surface area contributed by atoms with Gasteiger partial charge in [0.05, 0.1) is 12.2 Å². The van der Waals surface area contributed by atoms with Crippen LogP contribution in [-0.4, -0.2) is 24.7 Å². The van der Waals surface area contributed by atoms with Crippen LogP contribution < -0.4 is 15.3 Å². The average molecular weight is 353 g/mol. The summed E-state index contributed by atoms with van der Waals surface area (Å²) in [4.78, 5) is 22.5. The molecule has 0 aliphatic heterocycles. The molecule has 0 bridgehead atoms. The van der Waals surface area contributed by atoms with E-state index in [9.17, 15) is 14.7 Å². The fraction of sp³-hybridized carbons (Fsp3) is 0.250. The number of carboxylic acids is 1. The summed E-state index contributed by atoms with van der Waals surface area (Å²) in [5.74, 6) is -0.970. The smallest absolute Gasteiger partial charge is 0.277 e. The molecule has 1 amide bonds. The Morgan fingerprint density at radius 1 is 1.12 bits per heavy atom. The molecule has 0 fully saturated rings. The van der Waals surface area contributed by atoms with Crippen molar-refractivity contribution in [2.45, 2.75) is 26.2 Å². The number of ether oxygens (including phenoxy) is 1. The highest BCUT2D eigenvalue weighted by Gasteiger charge is 2.18. The van der Waals surface area contributed by atoms with Crippen LogP contribution in [0, 0.1) is 0 Å². The van der Waals surface area contributed by atoms with Gasteiger partial charge in [-0.2, -0.15) is 5.10 Å². The van der Waals surface area contributed by atoms with E-state index in [1.54, 1.807) is 12.1 Å². The fourth-order valence-corrected chi connectivity index (χ4v) is 2.27. The molecule has 0 aromatic heterocycles. The number of para-hydroxylation sites is 1. The van der Waals surface area contributed by atoms with Crippen LogP contribution in [0.4, 0.5) is 0 Å². The Morgan fingerprint density at radius 2 is 1.77 bits per heavy atom. The molecule has 0 spiro atoms. The topological polar surface area (TPSA) is 90.8 Å². The number of hydrazone groups is 1. The van der Waals surface area contributed by atoms with Crippen LogP contribution in [0.3, 0.4) is 0 Å². The minimum absolute atomic E-state index is 0.0806. The van der Waals surface area contributed by atoms with Gasteiger partial charge in [0.25, 0.3) is 5.91 Å². The summed E-state index contributed by atoms with van der Waals surface area (Å²) in [6, 6.07) is 13.5. The molecular weight excluding hydrogens is 332 g/mol. The summed E-state index contributed by atoms with van der Waals surface area (Å²) in [5.41, 5.74) is 4.03. The van der Waals surface area contributed by atoms with Gasteiger partial charge in [-0.25, -0.2) is 5.43 Å². The second-order valence-corrected chi connectivity index (χ2v) is 6.74. The van der Waals surface area contributed by atoms with Crippen LogP contribution in [0.25, 0.3) is 0 Å². The van der Waals surface area contributed by atoms with Crippen molar-refractivity contribution in [3.8, 4) is 5.75 Å². The Kier molecular flexibility index (Phi) is 6.11. The van der Waals surface area contributed by atoms with E-state index in [0.717, 1.165) is 5.56 Å². The van der Waals surface area contributed by atoms with Crippen LogP contribution in [-0.2, 0) is 10.2 Å². The highest BCUT2D eigenvalue weighted by Crippen LogP contribution is 2.30. The third-order valence-electron chi connectivity index (χ3n) is 3.60.